The van der Waals surface area contributed by atoms with E-state index in [1.54, 1.807) is 4.90 Å². The Labute approximate surface area is 128 Å². The van der Waals surface area contributed by atoms with E-state index < -0.39 is 35.4 Å². The van der Waals surface area contributed by atoms with Crippen molar-refractivity contribution in [1.29, 1.82) is 0 Å². The zero-order valence-electron chi connectivity index (χ0n) is 11.1. The number of rotatable bonds is 1. The van der Waals surface area contributed by atoms with Crippen LogP contribution in [0.1, 0.15) is 6.42 Å². The molecule has 9 heteroatoms. The standard InChI is InChI=1S/C13H10ClF3N4O/c14-11-6(15)8-5(4-18-11)12(20-13(17)19-8)21-2-1-3-22-10-7(16)9(10)21/h4,7,9-10H,1-3H2/t7-,9?,10+/m1/s1. The van der Waals surface area contributed by atoms with Crippen LogP contribution in [0.15, 0.2) is 6.20 Å². The molecule has 0 bridgehead atoms. The molecule has 116 valence electrons. The number of pyridine rings is 1. The predicted molar refractivity (Wildman–Crippen MR) is 72.6 cm³/mol. The Bertz CT molecular complexity index is 762. The molecule has 3 atom stereocenters. The highest BCUT2D eigenvalue weighted by molar-refractivity contribution is 6.30. The van der Waals surface area contributed by atoms with Gasteiger partial charge in [-0.1, -0.05) is 11.6 Å². The molecule has 3 heterocycles. The van der Waals surface area contributed by atoms with Crippen molar-refractivity contribution in [3.05, 3.63) is 23.2 Å². The van der Waals surface area contributed by atoms with E-state index >= 15 is 0 Å². The molecule has 2 aromatic heterocycles. The molecule has 0 N–H and O–H groups in total. The molecule has 1 saturated heterocycles. The van der Waals surface area contributed by atoms with Gasteiger partial charge in [0.15, 0.2) is 17.1 Å². The number of halogens is 4. The minimum absolute atomic E-state index is 0.117. The zero-order chi connectivity index (χ0) is 15.4. The lowest BCUT2D eigenvalue weighted by Gasteiger charge is -2.23. The van der Waals surface area contributed by atoms with E-state index in [1.807, 2.05) is 0 Å². The van der Waals surface area contributed by atoms with Crippen molar-refractivity contribution < 1.29 is 17.9 Å². The van der Waals surface area contributed by atoms with Crippen molar-refractivity contribution in [2.45, 2.75) is 24.7 Å². The lowest BCUT2D eigenvalue weighted by atomic mass is 10.2. The number of anilines is 1. The second-order valence-corrected chi connectivity index (χ2v) is 5.62. The second kappa shape index (κ2) is 4.92. The van der Waals surface area contributed by atoms with Gasteiger partial charge in [0.25, 0.3) is 0 Å². The van der Waals surface area contributed by atoms with E-state index in [4.69, 9.17) is 16.3 Å². The molecule has 2 aliphatic rings. The van der Waals surface area contributed by atoms with Crippen LogP contribution in [-0.2, 0) is 4.74 Å². The molecule has 1 aliphatic heterocycles. The van der Waals surface area contributed by atoms with Gasteiger partial charge in [0, 0.05) is 19.3 Å². The third kappa shape index (κ3) is 2.01. The Morgan fingerprint density at radius 3 is 2.95 bits per heavy atom. The van der Waals surface area contributed by atoms with Crippen LogP contribution < -0.4 is 4.90 Å². The number of hydrogen-bond acceptors (Lipinski definition) is 5. The molecule has 0 amide bonds. The maximum absolute atomic E-state index is 14.0. The van der Waals surface area contributed by atoms with Crippen LogP contribution in [0.5, 0.6) is 0 Å². The van der Waals surface area contributed by atoms with Crippen molar-refractivity contribution in [3.63, 3.8) is 0 Å². The number of hydrogen-bond donors (Lipinski definition) is 0. The van der Waals surface area contributed by atoms with Crippen LogP contribution >= 0.6 is 11.6 Å². The van der Waals surface area contributed by atoms with Gasteiger partial charge >= 0.3 is 6.08 Å². The SMILES string of the molecule is Fc1nc(N2CCCO[C@@H]3C2[C@H]3F)c2cnc(Cl)c(F)c2n1. The first-order valence-electron chi connectivity index (χ1n) is 6.77. The van der Waals surface area contributed by atoms with Crippen molar-refractivity contribution in [1.82, 2.24) is 15.0 Å². The van der Waals surface area contributed by atoms with E-state index in [-0.39, 0.29) is 16.7 Å². The highest BCUT2D eigenvalue weighted by atomic mass is 35.5. The first-order valence-corrected chi connectivity index (χ1v) is 7.15. The van der Waals surface area contributed by atoms with E-state index in [9.17, 15) is 13.2 Å². The van der Waals surface area contributed by atoms with Gasteiger partial charge in [-0.2, -0.15) is 14.4 Å². The van der Waals surface area contributed by atoms with Gasteiger partial charge in [-0.25, -0.2) is 13.8 Å². The van der Waals surface area contributed by atoms with E-state index in [0.29, 0.717) is 19.6 Å². The Morgan fingerprint density at radius 2 is 2.14 bits per heavy atom. The molecule has 0 radical (unpaired) electrons. The molecule has 4 rings (SSSR count). The lowest BCUT2D eigenvalue weighted by Crippen LogP contribution is -2.30. The highest BCUT2D eigenvalue weighted by Crippen LogP contribution is 2.41. The van der Waals surface area contributed by atoms with Crippen molar-refractivity contribution in [2.24, 2.45) is 0 Å². The van der Waals surface area contributed by atoms with Crippen molar-refractivity contribution in [3.8, 4) is 0 Å². The summed E-state index contributed by atoms with van der Waals surface area (Å²) in [5, 5.41) is -0.202. The third-order valence-electron chi connectivity index (χ3n) is 3.92. The van der Waals surface area contributed by atoms with E-state index in [1.165, 1.54) is 6.20 Å². The number of nitrogens with zero attached hydrogens (tertiary/aromatic N) is 4. The highest BCUT2D eigenvalue weighted by Gasteiger charge is 2.57. The predicted octanol–water partition coefficient (Wildman–Crippen LogP) is 2.27. The summed E-state index contributed by atoms with van der Waals surface area (Å²) >= 11 is 5.60. The minimum atomic E-state index is -1.17. The Hall–Kier alpha value is -1.67. The average Bonchev–Trinajstić information content (AvgIpc) is 3.18. The summed E-state index contributed by atoms with van der Waals surface area (Å²) < 4.78 is 46.9. The first kappa shape index (κ1) is 14.0. The summed E-state index contributed by atoms with van der Waals surface area (Å²) in [6.07, 6.45) is -0.914. The quantitative estimate of drug-likeness (QED) is 0.593. The van der Waals surface area contributed by atoms with Gasteiger partial charge in [-0.05, 0) is 6.42 Å². The Morgan fingerprint density at radius 1 is 1.32 bits per heavy atom. The fraction of sp³-hybridized carbons (Fsp3) is 0.462. The monoisotopic (exact) mass is 330 g/mol. The van der Waals surface area contributed by atoms with Crippen LogP contribution in [0.4, 0.5) is 19.0 Å². The molecular weight excluding hydrogens is 321 g/mol. The molecule has 1 aliphatic carbocycles. The molecule has 2 aromatic rings. The molecular formula is C13H10ClF3N4O. The molecule has 1 saturated carbocycles. The summed E-state index contributed by atoms with van der Waals surface area (Å²) in [4.78, 5) is 12.5. The minimum Gasteiger partial charge on any atom is -0.373 e. The van der Waals surface area contributed by atoms with Gasteiger partial charge in [-0.3, -0.25) is 0 Å². The molecule has 2 fully saturated rings. The van der Waals surface area contributed by atoms with Crippen LogP contribution in [0.2, 0.25) is 5.15 Å². The topological polar surface area (TPSA) is 51.1 Å². The van der Waals surface area contributed by atoms with Gasteiger partial charge in [0.2, 0.25) is 0 Å². The number of ether oxygens (including phenoxy) is 1. The normalized spacial score (nSPS) is 27.6. The number of fused-ring (bicyclic) bond motifs is 2. The number of aromatic nitrogens is 3. The Balaban J connectivity index is 1.89. The molecule has 1 unspecified atom stereocenters. The Kier molecular flexibility index (Phi) is 3.12. The lowest BCUT2D eigenvalue weighted by molar-refractivity contribution is 0.105. The van der Waals surface area contributed by atoms with Crippen LogP contribution in [0, 0.1) is 11.9 Å². The van der Waals surface area contributed by atoms with Crippen molar-refractivity contribution in [2.75, 3.05) is 18.1 Å². The fourth-order valence-electron chi connectivity index (χ4n) is 2.84. The molecule has 5 nitrogen and oxygen atoms in total. The molecule has 22 heavy (non-hydrogen) atoms. The fourth-order valence-corrected chi connectivity index (χ4v) is 2.97. The third-order valence-corrected chi connectivity index (χ3v) is 4.18. The van der Waals surface area contributed by atoms with Crippen LogP contribution in [-0.4, -0.2) is 46.4 Å². The molecule has 0 aromatic carbocycles. The van der Waals surface area contributed by atoms with Crippen LogP contribution in [0.25, 0.3) is 10.9 Å². The smallest absolute Gasteiger partial charge is 0.311 e. The van der Waals surface area contributed by atoms with Crippen molar-refractivity contribution >= 4 is 28.3 Å². The zero-order valence-corrected chi connectivity index (χ0v) is 11.9. The first-order chi connectivity index (χ1) is 10.6. The summed E-state index contributed by atoms with van der Waals surface area (Å²) in [5.74, 6) is -0.803. The van der Waals surface area contributed by atoms with Crippen LogP contribution in [0.3, 0.4) is 0 Å². The summed E-state index contributed by atoms with van der Waals surface area (Å²) in [6.45, 7) is 0.847. The maximum Gasteiger partial charge on any atom is 0.311 e. The summed E-state index contributed by atoms with van der Waals surface area (Å²) in [7, 11) is 0. The largest absolute Gasteiger partial charge is 0.373 e. The van der Waals surface area contributed by atoms with Gasteiger partial charge in [-0.15, -0.1) is 0 Å². The summed E-state index contributed by atoms with van der Waals surface area (Å²) in [5.41, 5.74) is -0.264. The van der Waals surface area contributed by atoms with Gasteiger partial charge in [0.05, 0.1) is 11.4 Å². The maximum atomic E-state index is 14.0. The number of alkyl halides is 1. The average molecular weight is 331 g/mol. The molecule has 0 spiro atoms. The van der Waals surface area contributed by atoms with E-state index in [0.717, 1.165) is 0 Å². The van der Waals surface area contributed by atoms with Gasteiger partial charge in [0.1, 0.15) is 17.4 Å². The van der Waals surface area contributed by atoms with Gasteiger partial charge < -0.3 is 9.64 Å². The second-order valence-electron chi connectivity index (χ2n) is 5.26. The summed E-state index contributed by atoms with van der Waals surface area (Å²) in [6, 6.07) is -0.543. The van der Waals surface area contributed by atoms with E-state index in [2.05, 4.69) is 15.0 Å².